The molecule has 0 aromatic heterocycles. The Morgan fingerprint density at radius 1 is 0.973 bits per heavy atom. The molecule has 0 fully saturated rings. The Labute approximate surface area is 214 Å². The minimum Gasteiger partial charge on any atom is -0.497 e. The molecule has 0 aliphatic rings. The molecule has 0 radical (unpaired) electrons. The normalized spacial score (nSPS) is 12.3. The summed E-state index contributed by atoms with van der Waals surface area (Å²) in [5, 5.41) is 28.3. The van der Waals surface area contributed by atoms with E-state index in [0.717, 1.165) is 36.1 Å². The molecule has 0 spiro atoms. The number of esters is 1. The number of nitrogens with zero attached hydrogens (tertiary/aromatic N) is 1. The Hall–Kier alpha value is -4.28. The summed E-state index contributed by atoms with van der Waals surface area (Å²) >= 11 is 0. The Morgan fingerprint density at radius 3 is 2.35 bits per heavy atom. The lowest BCUT2D eigenvalue weighted by Gasteiger charge is -2.25. The van der Waals surface area contributed by atoms with Crippen LogP contribution in [-0.2, 0) is 17.7 Å². The molecule has 3 N–H and O–H groups in total. The van der Waals surface area contributed by atoms with Crippen molar-refractivity contribution < 1.29 is 29.1 Å². The highest BCUT2D eigenvalue weighted by Crippen LogP contribution is 2.19. The lowest BCUT2D eigenvalue weighted by atomic mass is 10.00. The van der Waals surface area contributed by atoms with Gasteiger partial charge in [0, 0.05) is 30.8 Å². The molecular formula is C27H29N3O7. The number of nitro groups is 1. The van der Waals surface area contributed by atoms with Gasteiger partial charge in [-0.2, -0.15) is 0 Å². The van der Waals surface area contributed by atoms with Gasteiger partial charge in [0.05, 0.1) is 36.9 Å². The van der Waals surface area contributed by atoms with Gasteiger partial charge >= 0.3 is 5.97 Å². The topological polar surface area (TPSA) is 140 Å². The van der Waals surface area contributed by atoms with Crippen molar-refractivity contribution in [2.24, 2.45) is 0 Å². The molecule has 3 aromatic carbocycles. The van der Waals surface area contributed by atoms with Gasteiger partial charge in [-0.1, -0.05) is 42.5 Å². The van der Waals surface area contributed by atoms with E-state index in [0.29, 0.717) is 13.0 Å². The highest BCUT2D eigenvalue weighted by atomic mass is 16.6. The summed E-state index contributed by atoms with van der Waals surface area (Å²) in [6.07, 6.45) is -0.679. The van der Waals surface area contributed by atoms with E-state index in [9.17, 15) is 24.8 Å². The summed E-state index contributed by atoms with van der Waals surface area (Å²) < 4.78 is 9.88. The largest absolute Gasteiger partial charge is 0.497 e. The number of amides is 1. The van der Waals surface area contributed by atoms with Crippen molar-refractivity contribution in [2.75, 3.05) is 20.8 Å². The lowest BCUT2D eigenvalue weighted by Crippen LogP contribution is -2.48. The van der Waals surface area contributed by atoms with Gasteiger partial charge in [-0.05, 0) is 35.7 Å². The Bertz CT molecular complexity index is 1230. The molecule has 194 valence electrons. The summed E-state index contributed by atoms with van der Waals surface area (Å²) in [5.74, 6) is -0.751. The van der Waals surface area contributed by atoms with Gasteiger partial charge in [-0.3, -0.25) is 14.9 Å². The van der Waals surface area contributed by atoms with Crippen LogP contribution in [0.15, 0.2) is 72.8 Å². The van der Waals surface area contributed by atoms with Gasteiger partial charge in [-0.15, -0.1) is 0 Å². The number of benzene rings is 3. The predicted molar refractivity (Wildman–Crippen MR) is 137 cm³/mol. The van der Waals surface area contributed by atoms with Crippen LogP contribution in [0.1, 0.15) is 31.8 Å². The zero-order chi connectivity index (χ0) is 26.8. The van der Waals surface area contributed by atoms with Crippen LogP contribution < -0.4 is 15.4 Å². The maximum Gasteiger partial charge on any atom is 0.338 e. The summed E-state index contributed by atoms with van der Waals surface area (Å²) in [6, 6.07) is 19.4. The quantitative estimate of drug-likeness (QED) is 0.193. The standard InChI is InChI=1S/C27H29N3O7/c1-36-23-10-6-9-19(11-23)16-28-17-25(31)24(12-18-7-4-3-5-8-18)29-26(32)20-13-21(27(33)37-2)15-22(14-20)30(34)35/h3-11,13-15,24-25,28,31H,12,16-17H2,1-2H3,(H,29,32)/t24-,25+/m0/s1. The van der Waals surface area contributed by atoms with Crippen molar-refractivity contribution in [1.82, 2.24) is 10.6 Å². The summed E-state index contributed by atoms with van der Waals surface area (Å²) in [6.45, 7) is 0.630. The van der Waals surface area contributed by atoms with Crippen LogP contribution in [0.2, 0.25) is 0 Å². The van der Waals surface area contributed by atoms with Crippen LogP contribution in [-0.4, -0.2) is 54.8 Å². The van der Waals surface area contributed by atoms with Gasteiger partial charge in [0.1, 0.15) is 5.75 Å². The molecule has 0 saturated carbocycles. The number of carbonyl (C=O) groups excluding carboxylic acids is 2. The third-order valence-electron chi connectivity index (χ3n) is 5.71. The van der Waals surface area contributed by atoms with Gasteiger partial charge in [0.15, 0.2) is 0 Å². The van der Waals surface area contributed by atoms with Crippen molar-refractivity contribution in [3.63, 3.8) is 0 Å². The third kappa shape index (κ3) is 7.86. The average molecular weight is 508 g/mol. The minimum atomic E-state index is -0.992. The van der Waals surface area contributed by atoms with Crippen molar-refractivity contribution in [3.05, 3.63) is 105 Å². The highest BCUT2D eigenvalue weighted by molar-refractivity contribution is 5.99. The van der Waals surface area contributed by atoms with Crippen LogP contribution in [0.25, 0.3) is 0 Å². The first-order valence-electron chi connectivity index (χ1n) is 11.5. The Kier molecular flexibility index (Phi) is 9.70. The smallest absolute Gasteiger partial charge is 0.338 e. The average Bonchev–Trinajstić information content (AvgIpc) is 2.92. The predicted octanol–water partition coefficient (Wildman–Crippen LogP) is 2.88. The second-order valence-corrected chi connectivity index (χ2v) is 8.34. The SMILES string of the molecule is COC(=O)c1cc(C(=O)N[C@@H](Cc2ccccc2)[C@H](O)CNCc2cccc(OC)c2)cc([N+](=O)[O-])c1. The fourth-order valence-electron chi connectivity index (χ4n) is 3.78. The Balaban J connectivity index is 1.77. The first-order valence-corrected chi connectivity index (χ1v) is 11.5. The fraction of sp³-hybridized carbons (Fsp3) is 0.259. The van der Waals surface area contributed by atoms with Crippen LogP contribution in [0.5, 0.6) is 5.75 Å². The summed E-state index contributed by atoms with van der Waals surface area (Å²) in [4.78, 5) is 35.8. The number of methoxy groups -OCH3 is 2. The van der Waals surface area contributed by atoms with Crippen LogP contribution in [0.3, 0.4) is 0 Å². The zero-order valence-electron chi connectivity index (χ0n) is 20.5. The molecule has 1 amide bonds. The van der Waals surface area contributed by atoms with E-state index in [1.54, 1.807) is 7.11 Å². The monoisotopic (exact) mass is 507 g/mol. The second kappa shape index (κ2) is 13.1. The van der Waals surface area contributed by atoms with E-state index in [2.05, 4.69) is 15.4 Å². The molecule has 3 rings (SSSR count). The number of non-ortho nitro benzene ring substituents is 1. The van der Waals surface area contributed by atoms with Crippen LogP contribution in [0.4, 0.5) is 5.69 Å². The summed E-state index contributed by atoms with van der Waals surface area (Å²) in [7, 11) is 2.73. The highest BCUT2D eigenvalue weighted by Gasteiger charge is 2.24. The van der Waals surface area contributed by atoms with Crippen LogP contribution in [0, 0.1) is 10.1 Å². The molecule has 0 bridgehead atoms. The van der Waals surface area contributed by atoms with Crippen LogP contribution >= 0.6 is 0 Å². The number of aliphatic hydroxyl groups is 1. The fourth-order valence-corrected chi connectivity index (χ4v) is 3.78. The number of aliphatic hydroxyl groups excluding tert-OH is 1. The van der Waals surface area contributed by atoms with Crippen molar-refractivity contribution in [1.29, 1.82) is 0 Å². The molecular weight excluding hydrogens is 478 g/mol. The van der Waals surface area contributed by atoms with E-state index < -0.39 is 34.6 Å². The molecule has 3 aromatic rings. The summed E-state index contributed by atoms with van der Waals surface area (Å²) in [5.41, 5.74) is 1.20. The number of nitro benzene ring substituents is 1. The van der Waals surface area contributed by atoms with Gasteiger partial charge in [-0.25, -0.2) is 4.79 Å². The number of rotatable bonds is 12. The number of ether oxygens (including phenoxy) is 2. The number of hydrogen-bond donors (Lipinski definition) is 3. The number of carbonyl (C=O) groups is 2. The maximum atomic E-state index is 13.1. The van der Waals surface area contributed by atoms with Crippen molar-refractivity contribution >= 4 is 17.6 Å². The van der Waals surface area contributed by atoms with E-state index in [-0.39, 0.29) is 17.7 Å². The molecule has 0 heterocycles. The molecule has 10 nitrogen and oxygen atoms in total. The first kappa shape index (κ1) is 27.3. The molecule has 0 aliphatic carbocycles. The van der Waals surface area contributed by atoms with Crippen molar-refractivity contribution in [3.8, 4) is 5.75 Å². The van der Waals surface area contributed by atoms with E-state index in [4.69, 9.17) is 4.74 Å². The van der Waals surface area contributed by atoms with E-state index in [1.165, 1.54) is 6.07 Å². The van der Waals surface area contributed by atoms with Gasteiger partial charge < -0.3 is 25.2 Å². The maximum absolute atomic E-state index is 13.1. The van der Waals surface area contributed by atoms with E-state index >= 15 is 0 Å². The zero-order valence-corrected chi connectivity index (χ0v) is 20.5. The Morgan fingerprint density at radius 2 is 1.68 bits per heavy atom. The molecule has 10 heteroatoms. The molecule has 0 unspecified atom stereocenters. The third-order valence-corrected chi connectivity index (χ3v) is 5.71. The number of nitrogens with one attached hydrogen (secondary N) is 2. The lowest BCUT2D eigenvalue weighted by molar-refractivity contribution is -0.384. The molecule has 0 saturated heterocycles. The van der Waals surface area contributed by atoms with Gasteiger partial charge in [0.25, 0.3) is 11.6 Å². The second-order valence-electron chi connectivity index (χ2n) is 8.34. The molecule has 37 heavy (non-hydrogen) atoms. The first-order chi connectivity index (χ1) is 17.8. The minimum absolute atomic E-state index is 0.0933. The van der Waals surface area contributed by atoms with Crippen molar-refractivity contribution in [2.45, 2.75) is 25.1 Å². The van der Waals surface area contributed by atoms with Gasteiger partial charge in [0.2, 0.25) is 0 Å². The number of hydrogen-bond acceptors (Lipinski definition) is 8. The van der Waals surface area contributed by atoms with E-state index in [1.807, 2.05) is 54.6 Å². The molecule has 2 atom stereocenters. The molecule has 0 aliphatic heterocycles.